The van der Waals surface area contributed by atoms with Crippen LogP contribution in [0.15, 0.2) is 187 Å². The van der Waals surface area contributed by atoms with Gasteiger partial charge in [-0.25, -0.2) is 4.90 Å². The van der Waals surface area contributed by atoms with Crippen LogP contribution in [0.25, 0.3) is 0 Å². The van der Waals surface area contributed by atoms with Gasteiger partial charge < -0.3 is 5.11 Å². The highest BCUT2D eigenvalue weighted by atomic mass is 16.2. The first kappa shape index (κ1) is 29.2. The number of aliphatic imine (C=N–C) groups is 1. The summed E-state index contributed by atoms with van der Waals surface area (Å²) in [5.74, 6) is 0.826. The topological polar surface area (TPSA) is 38.7 Å². The van der Waals surface area contributed by atoms with Gasteiger partial charge in [-0.2, -0.15) is 9.48 Å². The molecular formula is C39H35N3O. The van der Waals surface area contributed by atoms with Crippen LogP contribution < -0.4 is 14.5 Å². The molecule has 0 spiro atoms. The van der Waals surface area contributed by atoms with Gasteiger partial charge in [-0.05, 0) is 36.4 Å². The number of quaternary nitrogens is 1. The summed E-state index contributed by atoms with van der Waals surface area (Å²) in [6.45, 7) is 1.57. The molecule has 0 fully saturated rings. The molecule has 4 nitrogen and oxygen atoms in total. The van der Waals surface area contributed by atoms with Crippen LogP contribution in [0.2, 0.25) is 0 Å². The Morgan fingerprint density at radius 1 is 0.488 bits per heavy atom. The number of hydrogen-bond donors (Lipinski definition) is 0. The molecular weight excluding hydrogens is 526 g/mol. The maximum atomic E-state index is 8.93. The van der Waals surface area contributed by atoms with E-state index in [0.717, 1.165) is 40.1 Å². The molecule has 0 N–H and O–H groups in total. The zero-order valence-electron chi connectivity index (χ0n) is 24.3. The third-order valence-electron chi connectivity index (χ3n) is 6.94. The number of rotatable bonds is 6. The molecule has 0 atom stereocenters. The van der Waals surface area contributed by atoms with Crippen molar-refractivity contribution in [1.82, 2.24) is 4.48 Å². The zero-order valence-corrected chi connectivity index (χ0v) is 24.3. The molecule has 0 amide bonds. The predicted octanol–water partition coefficient (Wildman–Crippen LogP) is 9.55. The Morgan fingerprint density at radius 2 is 0.767 bits per heavy atom. The maximum absolute atomic E-state index is 8.93. The third kappa shape index (κ3) is 6.47. The Morgan fingerprint density at radius 3 is 1.09 bits per heavy atom. The summed E-state index contributed by atoms with van der Waals surface area (Å²) in [5, 5.41) is 8.93. The van der Waals surface area contributed by atoms with E-state index in [1.165, 1.54) is 0 Å². The minimum Gasteiger partial charge on any atom is -0.855 e. The van der Waals surface area contributed by atoms with Gasteiger partial charge in [0.1, 0.15) is 0 Å². The molecule has 0 radical (unpaired) electrons. The van der Waals surface area contributed by atoms with Crippen LogP contribution in [0.1, 0.15) is 6.92 Å². The van der Waals surface area contributed by atoms with Crippen LogP contribution in [0, 0.1) is 0 Å². The average Bonchev–Trinajstić information content (AvgIpc) is 3.09. The standard InChI is InChI=1S/C37H30N3.C2H5O/c1-7-19-31(20-8-1)38-37(39(32-21-9-2-10-22-32)33-23-11-3-12-24-33)40(34-25-13-4-14-26-34,35-27-15-5-16-28-35)36-29-17-6-18-30-36;1-2-3/h1-30H;2H2,1H3/q+1;-1. The SMILES string of the molecule is CC[O-].c1ccc(N=C(N(c2ccccc2)c2ccccc2)[N+](c2ccccc2)(c2ccccc2)c2ccccc2)cc1. The molecule has 6 aromatic rings. The van der Waals surface area contributed by atoms with Crippen molar-refractivity contribution in [2.75, 3.05) is 11.5 Å². The molecule has 0 saturated carbocycles. The fourth-order valence-electron chi connectivity index (χ4n) is 5.18. The Bertz CT molecular complexity index is 1540. The summed E-state index contributed by atoms with van der Waals surface area (Å²) in [7, 11) is 0. The molecule has 0 aromatic heterocycles. The number of anilines is 2. The number of para-hydroxylation sites is 6. The van der Waals surface area contributed by atoms with Crippen molar-refractivity contribution in [2.24, 2.45) is 4.99 Å². The summed E-state index contributed by atoms with van der Waals surface area (Å²) < 4.78 is 0.265. The van der Waals surface area contributed by atoms with Gasteiger partial charge in [-0.3, -0.25) is 0 Å². The van der Waals surface area contributed by atoms with E-state index >= 15 is 0 Å². The highest BCUT2D eigenvalue weighted by Crippen LogP contribution is 2.47. The second-order valence-corrected chi connectivity index (χ2v) is 9.72. The fourth-order valence-corrected chi connectivity index (χ4v) is 5.18. The maximum Gasteiger partial charge on any atom is 0.330 e. The first-order valence-electron chi connectivity index (χ1n) is 14.5. The minimum atomic E-state index is 0. The molecule has 0 heterocycles. The van der Waals surface area contributed by atoms with E-state index in [-0.39, 0.29) is 11.1 Å². The molecule has 0 aliphatic carbocycles. The lowest BCUT2D eigenvalue weighted by atomic mass is 10.1. The smallest absolute Gasteiger partial charge is 0.330 e. The molecule has 6 aromatic carbocycles. The van der Waals surface area contributed by atoms with Crippen molar-refractivity contribution in [1.29, 1.82) is 0 Å². The van der Waals surface area contributed by atoms with E-state index in [4.69, 9.17) is 10.1 Å². The van der Waals surface area contributed by atoms with Crippen LogP contribution in [0.3, 0.4) is 0 Å². The van der Waals surface area contributed by atoms with E-state index in [9.17, 15) is 0 Å². The van der Waals surface area contributed by atoms with Crippen molar-refractivity contribution >= 4 is 40.1 Å². The summed E-state index contributed by atoms with van der Waals surface area (Å²) in [5.41, 5.74) is 6.14. The highest BCUT2D eigenvalue weighted by Gasteiger charge is 2.46. The quantitative estimate of drug-likeness (QED) is 0.115. The van der Waals surface area contributed by atoms with Crippen LogP contribution >= 0.6 is 0 Å². The van der Waals surface area contributed by atoms with Gasteiger partial charge in [-0.15, -0.1) is 6.61 Å². The van der Waals surface area contributed by atoms with E-state index in [2.05, 4.69) is 157 Å². The second-order valence-electron chi connectivity index (χ2n) is 9.72. The number of guanidine groups is 1. The Balaban J connectivity index is 0.00000118. The van der Waals surface area contributed by atoms with Crippen LogP contribution in [0.4, 0.5) is 34.1 Å². The molecule has 0 saturated heterocycles. The van der Waals surface area contributed by atoms with Gasteiger partial charge in [0.15, 0.2) is 17.1 Å². The van der Waals surface area contributed by atoms with Gasteiger partial charge in [0.2, 0.25) is 0 Å². The molecule has 43 heavy (non-hydrogen) atoms. The van der Waals surface area contributed by atoms with E-state index < -0.39 is 0 Å². The van der Waals surface area contributed by atoms with E-state index in [1.807, 2.05) is 30.3 Å². The molecule has 212 valence electrons. The molecule has 4 heteroatoms. The van der Waals surface area contributed by atoms with Crippen molar-refractivity contribution in [2.45, 2.75) is 6.92 Å². The zero-order chi connectivity index (χ0) is 29.7. The first-order chi connectivity index (χ1) is 21.3. The van der Waals surface area contributed by atoms with Gasteiger partial charge in [0, 0.05) is 36.4 Å². The largest absolute Gasteiger partial charge is 0.855 e. The lowest BCUT2D eigenvalue weighted by Gasteiger charge is -2.41. The molecule has 6 rings (SSSR count). The van der Waals surface area contributed by atoms with Crippen molar-refractivity contribution < 1.29 is 5.11 Å². The summed E-state index contributed by atoms with van der Waals surface area (Å²) in [6.07, 6.45) is 0. The van der Waals surface area contributed by atoms with E-state index in [1.54, 1.807) is 6.92 Å². The number of nitrogens with zero attached hydrogens (tertiary/aromatic N) is 3. The van der Waals surface area contributed by atoms with Gasteiger partial charge >= 0.3 is 5.96 Å². The second kappa shape index (κ2) is 14.6. The van der Waals surface area contributed by atoms with Gasteiger partial charge in [0.05, 0.1) is 17.1 Å². The Labute approximate surface area is 254 Å². The number of benzene rings is 6. The summed E-state index contributed by atoms with van der Waals surface area (Å²) >= 11 is 0. The molecule has 0 unspecified atom stereocenters. The van der Waals surface area contributed by atoms with Crippen LogP contribution in [-0.4, -0.2) is 12.6 Å². The summed E-state index contributed by atoms with van der Waals surface area (Å²) in [4.78, 5) is 7.81. The average molecular weight is 562 g/mol. The van der Waals surface area contributed by atoms with Crippen LogP contribution in [0.5, 0.6) is 0 Å². The molecule has 0 aliphatic rings. The van der Waals surface area contributed by atoms with Gasteiger partial charge in [0.25, 0.3) is 0 Å². The van der Waals surface area contributed by atoms with Crippen molar-refractivity contribution in [3.63, 3.8) is 0 Å². The summed E-state index contributed by atoms with van der Waals surface area (Å²) in [6, 6.07) is 63.1. The fraction of sp³-hybridized carbons (Fsp3) is 0.0513. The van der Waals surface area contributed by atoms with Gasteiger partial charge in [-0.1, -0.05) is 116 Å². The first-order valence-corrected chi connectivity index (χ1v) is 14.5. The van der Waals surface area contributed by atoms with Crippen molar-refractivity contribution in [3.8, 4) is 0 Å². The minimum absolute atomic E-state index is 0. The number of hydrogen-bond acceptors (Lipinski definition) is 2. The molecule has 0 aliphatic heterocycles. The highest BCUT2D eigenvalue weighted by molar-refractivity contribution is 6.16. The van der Waals surface area contributed by atoms with Crippen molar-refractivity contribution in [3.05, 3.63) is 182 Å². The third-order valence-corrected chi connectivity index (χ3v) is 6.94. The predicted molar refractivity (Wildman–Crippen MR) is 180 cm³/mol. The van der Waals surface area contributed by atoms with E-state index in [0.29, 0.717) is 0 Å². The monoisotopic (exact) mass is 561 g/mol. The normalized spacial score (nSPS) is 11.3. The molecule has 0 bridgehead atoms. The van der Waals surface area contributed by atoms with Crippen LogP contribution in [-0.2, 0) is 0 Å². The Hall–Kier alpha value is -5.29. The lowest BCUT2D eigenvalue weighted by molar-refractivity contribution is -0.361. The Kier molecular flexibility index (Phi) is 9.89. The lowest BCUT2D eigenvalue weighted by Crippen LogP contribution is -2.52.